The van der Waals surface area contributed by atoms with Gasteiger partial charge in [0.1, 0.15) is 0 Å². The minimum atomic E-state index is -0.522. The topological polar surface area (TPSA) is 105 Å². The lowest BCUT2D eigenvalue weighted by atomic mass is 10.1. The summed E-state index contributed by atoms with van der Waals surface area (Å²) >= 11 is 7.26. The minimum Gasteiger partial charge on any atom is -0.360 e. The van der Waals surface area contributed by atoms with Crippen molar-refractivity contribution < 1.29 is 9.59 Å². The first kappa shape index (κ1) is 21.0. The first-order chi connectivity index (χ1) is 15.1. The zero-order chi connectivity index (χ0) is 21.8. The molecule has 0 saturated heterocycles. The molecule has 0 aliphatic carbocycles. The second kappa shape index (κ2) is 9.23. The van der Waals surface area contributed by atoms with E-state index in [-0.39, 0.29) is 5.75 Å². The van der Waals surface area contributed by atoms with Crippen LogP contribution in [0.15, 0.2) is 59.9 Å². The molecule has 0 aliphatic heterocycles. The zero-order valence-corrected chi connectivity index (χ0v) is 18.1. The molecule has 0 aliphatic rings. The number of aromatic nitrogens is 4. The number of thioether (sulfide) groups is 1. The van der Waals surface area contributed by atoms with Gasteiger partial charge in [0.25, 0.3) is 0 Å². The normalized spacial score (nSPS) is 10.9. The zero-order valence-electron chi connectivity index (χ0n) is 16.6. The second-order valence-electron chi connectivity index (χ2n) is 6.56. The van der Waals surface area contributed by atoms with Crippen molar-refractivity contribution in [3.05, 3.63) is 59.8 Å². The van der Waals surface area contributed by atoms with Gasteiger partial charge >= 0.3 is 6.03 Å². The van der Waals surface area contributed by atoms with Gasteiger partial charge in [0.05, 0.1) is 5.75 Å². The molecule has 3 N–H and O–H groups in total. The van der Waals surface area contributed by atoms with E-state index in [1.807, 2.05) is 47.2 Å². The van der Waals surface area contributed by atoms with Crippen molar-refractivity contribution >= 4 is 46.2 Å². The smallest absolute Gasteiger partial charge is 0.321 e. The Kier molecular flexibility index (Phi) is 6.24. The van der Waals surface area contributed by atoms with Crippen molar-refractivity contribution in [2.45, 2.75) is 12.1 Å². The molecule has 31 heavy (non-hydrogen) atoms. The maximum atomic E-state index is 12.1. The van der Waals surface area contributed by atoms with Crippen molar-refractivity contribution in [1.82, 2.24) is 30.4 Å². The number of H-pyrrole nitrogens is 1. The van der Waals surface area contributed by atoms with E-state index in [1.54, 1.807) is 19.1 Å². The maximum absolute atomic E-state index is 12.1. The van der Waals surface area contributed by atoms with Crippen molar-refractivity contribution in [2.75, 3.05) is 12.3 Å². The summed E-state index contributed by atoms with van der Waals surface area (Å²) in [6.45, 7) is 2.21. The summed E-state index contributed by atoms with van der Waals surface area (Å²) in [6, 6.07) is 14.7. The van der Waals surface area contributed by atoms with Crippen LogP contribution in [0.4, 0.5) is 4.79 Å². The maximum Gasteiger partial charge on any atom is 0.321 e. The molecule has 8 nitrogen and oxygen atoms in total. The number of fused-ring (bicyclic) bond motifs is 1. The molecule has 0 unspecified atom stereocenters. The second-order valence-corrected chi connectivity index (χ2v) is 7.94. The SMILES string of the molecule is CCNC(=O)NC(=O)CSc1nnc(-c2c[nH]c3ccccc23)n1-c1ccc(Cl)cc1. The number of carbonyl (C=O) groups excluding carboxylic acids is 2. The molecule has 3 amide bonds. The molecule has 4 rings (SSSR count). The predicted molar refractivity (Wildman–Crippen MR) is 122 cm³/mol. The van der Waals surface area contributed by atoms with E-state index in [4.69, 9.17) is 11.6 Å². The number of nitrogens with zero attached hydrogens (tertiary/aromatic N) is 3. The number of amides is 3. The van der Waals surface area contributed by atoms with Crippen LogP contribution in [0.25, 0.3) is 28.0 Å². The standard InChI is InChI=1S/C21H19ClN6O2S/c1-2-23-20(30)25-18(29)12-31-21-27-26-19(28(21)14-9-7-13(22)8-10-14)16-11-24-17-6-4-3-5-15(16)17/h3-11,24H,2,12H2,1H3,(H2,23,25,29,30). The molecule has 0 saturated carbocycles. The van der Waals surface area contributed by atoms with Crippen molar-refractivity contribution in [1.29, 1.82) is 0 Å². The summed E-state index contributed by atoms with van der Waals surface area (Å²) in [6.07, 6.45) is 1.89. The first-order valence-electron chi connectivity index (χ1n) is 9.55. The van der Waals surface area contributed by atoms with E-state index in [0.29, 0.717) is 22.5 Å². The van der Waals surface area contributed by atoms with Crippen LogP contribution >= 0.6 is 23.4 Å². The highest BCUT2D eigenvalue weighted by Gasteiger charge is 2.20. The van der Waals surface area contributed by atoms with Crippen LogP contribution in [-0.2, 0) is 4.79 Å². The molecule has 2 aromatic carbocycles. The third-order valence-electron chi connectivity index (χ3n) is 4.47. The number of halogens is 1. The fraction of sp³-hybridized carbons (Fsp3) is 0.143. The van der Waals surface area contributed by atoms with Gasteiger partial charge in [-0.2, -0.15) is 0 Å². The minimum absolute atomic E-state index is 0.0107. The van der Waals surface area contributed by atoms with E-state index < -0.39 is 11.9 Å². The average molecular weight is 455 g/mol. The van der Waals surface area contributed by atoms with Gasteiger partial charge in [-0.1, -0.05) is 41.6 Å². The number of rotatable bonds is 6. The fourth-order valence-electron chi connectivity index (χ4n) is 3.11. The summed E-state index contributed by atoms with van der Waals surface area (Å²) in [5.74, 6) is 0.221. The number of imide groups is 1. The molecule has 0 spiro atoms. The Morgan fingerprint density at radius 2 is 1.90 bits per heavy atom. The Hall–Kier alpha value is -3.30. The number of para-hydroxylation sites is 1. The van der Waals surface area contributed by atoms with Gasteiger partial charge in [0.15, 0.2) is 11.0 Å². The van der Waals surface area contributed by atoms with Crippen LogP contribution in [0.2, 0.25) is 5.02 Å². The molecular weight excluding hydrogens is 436 g/mol. The lowest BCUT2D eigenvalue weighted by molar-refractivity contribution is -0.117. The van der Waals surface area contributed by atoms with Crippen molar-refractivity contribution in [3.63, 3.8) is 0 Å². The Morgan fingerprint density at radius 3 is 2.68 bits per heavy atom. The average Bonchev–Trinajstić information content (AvgIpc) is 3.37. The van der Waals surface area contributed by atoms with Gasteiger partial charge in [-0.3, -0.25) is 14.7 Å². The van der Waals surface area contributed by atoms with Crippen molar-refractivity contribution in [3.8, 4) is 17.1 Å². The van der Waals surface area contributed by atoms with E-state index >= 15 is 0 Å². The lowest BCUT2D eigenvalue weighted by Crippen LogP contribution is -2.40. The molecule has 0 atom stereocenters. The van der Waals surface area contributed by atoms with E-state index in [0.717, 1.165) is 22.2 Å². The van der Waals surface area contributed by atoms with Gasteiger partial charge in [0.2, 0.25) is 5.91 Å². The molecule has 10 heteroatoms. The van der Waals surface area contributed by atoms with Gasteiger partial charge in [-0.05, 0) is 37.3 Å². The van der Waals surface area contributed by atoms with Crippen LogP contribution < -0.4 is 10.6 Å². The van der Waals surface area contributed by atoms with E-state index in [2.05, 4.69) is 25.8 Å². The fourth-order valence-corrected chi connectivity index (χ4v) is 3.99. The van der Waals surface area contributed by atoms with Crippen molar-refractivity contribution in [2.24, 2.45) is 0 Å². The quantitative estimate of drug-likeness (QED) is 0.382. The lowest BCUT2D eigenvalue weighted by Gasteiger charge is -2.10. The molecule has 0 fully saturated rings. The number of hydrogen-bond acceptors (Lipinski definition) is 5. The summed E-state index contributed by atoms with van der Waals surface area (Å²) < 4.78 is 1.87. The number of benzene rings is 2. The van der Waals surface area contributed by atoms with Crippen LogP contribution in [0.1, 0.15) is 6.92 Å². The summed E-state index contributed by atoms with van der Waals surface area (Å²) in [5, 5.41) is 15.7. The predicted octanol–water partition coefficient (Wildman–Crippen LogP) is 4.01. The Balaban J connectivity index is 1.69. The highest BCUT2D eigenvalue weighted by atomic mass is 35.5. The van der Waals surface area contributed by atoms with Crippen LogP contribution in [0, 0.1) is 0 Å². The van der Waals surface area contributed by atoms with Gasteiger partial charge in [0, 0.05) is 39.9 Å². The molecule has 2 heterocycles. The molecule has 0 radical (unpaired) electrons. The molecular formula is C21H19ClN6O2S. The molecule has 2 aromatic heterocycles. The number of hydrogen-bond donors (Lipinski definition) is 3. The number of aromatic amines is 1. The molecule has 4 aromatic rings. The Bertz CT molecular complexity index is 1230. The monoisotopic (exact) mass is 454 g/mol. The van der Waals surface area contributed by atoms with Crippen LogP contribution in [-0.4, -0.2) is 44.0 Å². The van der Waals surface area contributed by atoms with Gasteiger partial charge in [-0.15, -0.1) is 10.2 Å². The largest absolute Gasteiger partial charge is 0.360 e. The summed E-state index contributed by atoms with van der Waals surface area (Å²) in [5.41, 5.74) is 2.68. The number of carbonyl (C=O) groups is 2. The summed E-state index contributed by atoms with van der Waals surface area (Å²) in [4.78, 5) is 26.9. The molecule has 0 bridgehead atoms. The highest BCUT2D eigenvalue weighted by Crippen LogP contribution is 2.32. The van der Waals surface area contributed by atoms with E-state index in [9.17, 15) is 9.59 Å². The van der Waals surface area contributed by atoms with Gasteiger partial charge in [-0.25, -0.2) is 4.79 Å². The number of nitrogens with one attached hydrogen (secondary N) is 3. The van der Waals surface area contributed by atoms with Crippen LogP contribution in [0.5, 0.6) is 0 Å². The molecule has 158 valence electrons. The highest BCUT2D eigenvalue weighted by molar-refractivity contribution is 7.99. The Labute approximate surface area is 187 Å². The van der Waals surface area contributed by atoms with Crippen LogP contribution in [0.3, 0.4) is 0 Å². The van der Waals surface area contributed by atoms with Gasteiger partial charge < -0.3 is 10.3 Å². The third kappa shape index (κ3) is 4.57. The number of urea groups is 1. The first-order valence-corrected chi connectivity index (χ1v) is 10.9. The van der Waals surface area contributed by atoms with E-state index in [1.165, 1.54) is 11.8 Å². The third-order valence-corrected chi connectivity index (χ3v) is 5.65. The Morgan fingerprint density at radius 1 is 1.13 bits per heavy atom. The summed E-state index contributed by atoms with van der Waals surface area (Å²) in [7, 11) is 0.